The van der Waals surface area contributed by atoms with Gasteiger partial charge in [-0.2, -0.15) is 8.78 Å². The van der Waals surface area contributed by atoms with Crippen LogP contribution in [-0.2, 0) is 16.0 Å². The molecule has 0 heterocycles. The molecular formula is C11H12F2N2O3. The van der Waals surface area contributed by atoms with Gasteiger partial charge < -0.3 is 16.2 Å². The zero-order valence-corrected chi connectivity index (χ0v) is 9.27. The number of aliphatic carboxylic acids is 1. The van der Waals surface area contributed by atoms with Gasteiger partial charge in [0.05, 0.1) is 0 Å². The normalized spacial score (nSPS) is 12.2. The number of carbonyl (C=O) groups is 2. The van der Waals surface area contributed by atoms with Crippen molar-refractivity contribution in [3.8, 4) is 0 Å². The molecule has 0 fully saturated rings. The first-order valence-electron chi connectivity index (χ1n) is 5.06. The number of amides is 1. The number of halogens is 2. The third-order valence-corrected chi connectivity index (χ3v) is 2.19. The van der Waals surface area contributed by atoms with Crippen molar-refractivity contribution in [2.75, 3.05) is 5.32 Å². The van der Waals surface area contributed by atoms with E-state index in [4.69, 9.17) is 10.8 Å². The lowest BCUT2D eigenvalue weighted by molar-refractivity contribution is -0.138. The fraction of sp³-hybridized carbons (Fsp3) is 0.273. The van der Waals surface area contributed by atoms with Gasteiger partial charge >= 0.3 is 12.4 Å². The Bertz CT molecular complexity index is 434. The molecule has 0 unspecified atom stereocenters. The summed E-state index contributed by atoms with van der Waals surface area (Å²) in [6, 6.07) is 4.83. The van der Waals surface area contributed by atoms with Gasteiger partial charge in [-0.15, -0.1) is 0 Å². The van der Waals surface area contributed by atoms with Crippen LogP contribution in [0.5, 0.6) is 0 Å². The Morgan fingerprint density at radius 1 is 1.28 bits per heavy atom. The molecule has 0 saturated carbocycles. The maximum atomic E-state index is 12.0. The predicted molar refractivity (Wildman–Crippen MR) is 60.4 cm³/mol. The molecule has 0 bridgehead atoms. The largest absolute Gasteiger partial charge is 0.480 e. The molecule has 0 saturated heterocycles. The van der Waals surface area contributed by atoms with Gasteiger partial charge in [-0.25, -0.2) is 0 Å². The molecular weight excluding hydrogens is 246 g/mol. The molecule has 0 aromatic heterocycles. The average molecular weight is 258 g/mol. The minimum atomic E-state index is -3.08. The van der Waals surface area contributed by atoms with E-state index in [1.807, 2.05) is 5.32 Å². The van der Waals surface area contributed by atoms with Crippen molar-refractivity contribution in [1.82, 2.24) is 0 Å². The number of carbonyl (C=O) groups excluding carboxylic acids is 1. The van der Waals surface area contributed by atoms with Gasteiger partial charge in [0.15, 0.2) is 0 Å². The minimum Gasteiger partial charge on any atom is -0.480 e. The van der Waals surface area contributed by atoms with Crippen molar-refractivity contribution < 1.29 is 23.5 Å². The van der Waals surface area contributed by atoms with E-state index in [0.29, 0.717) is 5.56 Å². The topological polar surface area (TPSA) is 92.4 Å². The van der Waals surface area contributed by atoms with Gasteiger partial charge in [0.25, 0.3) is 5.91 Å². The summed E-state index contributed by atoms with van der Waals surface area (Å²) in [6.07, 6.45) is -2.96. The summed E-state index contributed by atoms with van der Waals surface area (Å²) in [7, 11) is 0. The Hall–Kier alpha value is -2.02. The molecule has 1 amide bonds. The lowest BCUT2D eigenvalue weighted by Crippen LogP contribution is -2.32. The monoisotopic (exact) mass is 258 g/mol. The molecule has 7 heteroatoms. The third kappa shape index (κ3) is 4.10. The highest BCUT2D eigenvalue weighted by molar-refractivity contribution is 5.93. The van der Waals surface area contributed by atoms with Crippen molar-refractivity contribution >= 4 is 17.6 Å². The number of nitrogens with two attached hydrogens (primary N) is 1. The maximum absolute atomic E-state index is 12.0. The van der Waals surface area contributed by atoms with Gasteiger partial charge in [0.2, 0.25) is 0 Å². The fourth-order valence-corrected chi connectivity index (χ4v) is 1.26. The summed E-state index contributed by atoms with van der Waals surface area (Å²) in [5.74, 6) is -2.50. The number of carboxylic acids is 1. The molecule has 1 aromatic carbocycles. The van der Waals surface area contributed by atoms with Crippen LogP contribution in [0.3, 0.4) is 0 Å². The van der Waals surface area contributed by atoms with Crippen LogP contribution in [-0.4, -0.2) is 29.5 Å². The lowest BCUT2D eigenvalue weighted by atomic mass is 10.1. The highest BCUT2D eigenvalue weighted by Crippen LogP contribution is 2.12. The zero-order chi connectivity index (χ0) is 13.7. The van der Waals surface area contributed by atoms with E-state index < -0.39 is 24.3 Å². The van der Waals surface area contributed by atoms with Crippen molar-refractivity contribution in [1.29, 1.82) is 0 Å². The summed E-state index contributed by atoms with van der Waals surface area (Å²) >= 11 is 0. The van der Waals surface area contributed by atoms with Gasteiger partial charge in [0, 0.05) is 5.69 Å². The van der Waals surface area contributed by atoms with Gasteiger partial charge in [-0.3, -0.25) is 9.59 Å². The third-order valence-electron chi connectivity index (χ3n) is 2.19. The second-order valence-corrected chi connectivity index (χ2v) is 3.64. The first kappa shape index (κ1) is 14.0. The first-order valence-corrected chi connectivity index (χ1v) is 5.06. The Morgan fingerprint density at radius 2 is 1.83 bits per heavy atom. The number of carboxylic acid groups (broad SMARTS) is 1. The summed E-state index contributed by atoms with van der Waals surface area (Å²) in [5.41, 5.74) is 6.19. The Labute approximate surface area is 102 Å². The molecule has 0 aliphatic rings. The standard InChI is InChI=1S/C11H12F2N2O3/c12-9(13)10(16)15-7-3-1-6(2-4-7)5-8(14)11(17)18/h1-4,8-9H,5,14H2,(H,15,16)(H,17,18)/t8-/m0/s1. The molecule has 5 nitrogen and oxygen atoms in total. The molecule has 0 aliphatic carbocycles. The number of rotatable bonds is 5. The van der Waals surface area contributed by atoms with Crippen molar-refractivity contribution in [3.63, 3.8) is 0 Å². The van der Waals surface area contributed by atoms with E-state index in [9.17, 15) is 18.4 Å². The van der Waals surface area contributed by atoms with Crippen LogP contribution in [0.4, 0.5) is 14.5 Å². The summed E-state index contributed by atoms with van der Waals surface area (Å²) in [4.78, 5) is 21.2. The van der Waals surface area contributed by atoms with E-state index >= 15 is 0 Å². The lowest BCUT2D eigenvalue weighted by Gasteiger charge is -2.08. The van der Waals surface area contributed by atoms with Crippen molar-refractivity contribution in [2.24, 2.45) is 5.73 Å². The molecule has 1 atom stereocenters. The second-order valence-electron chi connectivity index (χ2n) is 3.64. The quantitative estimate of drug-likeness (QED) is 0.729. The number of nitrogens with one attached hydrogen (secondary N) is 1. The highest BCUT2D eigenvalue weighted by atomic mass is 19.3. The molecule has 98 valence electrons. The smallest absolute Gasteiger partial charge is 0.320 e. The molecule has 1 aromatic rings. The van der Waals surface area contributed by atoms with E-state index in [1.54, 1.807) is 0 Å². The van der Waals surface area contributed by atoms with Gasteiger partial charge in [0.1, 0.15) is 6.04 Å². The Balaban J connectivity index is 2.63. The zero-order valence-electron chi connectivity index (χ0n) is 9.27. The van der Waals surface area contributed by atoms with Gasteiger partial charge in [-0.05, 0) is 24.1 Å². The minimum absolute atomic E-state index is 0.123. The van der Waals surface area contributed by atoms with Crippen LogP contribution in [0.2, 0.25) is 0 Å². The average Bonchev–Trinajstić information content (AvgIpc) is 2.31. The number of hydrogen-bond donors (Lipinski definition) is 3. The fourth-order valence-electron chi connectivity index (χ4n) is 1.26. The molecule has 18 heavy (non-hydrogen) atoms. The summed E-state index contributed by atoms with van der Waals surface area (Å²) < 4.78 is 23.9. The van der Waals surface area contributed by atoms with E-state index in [-0.39, 0.29) is 12.1 Å². The first-order chi connectivity index (χ1) is 8.40. The molecule has 0 spiro atoms. The predicted octanol–water partition coefficient (Wildman–Crippen LogP) is 0.845. The van der Waals surface area contributed by atoms with E-state index in [1.165, 1.54) is 24.3 Å². The van der Waals surface area contributed by atoms with Crippen LogP contribution in [0, 0.1) is 0 Å². The summed E-state index contributed by atoms with van der Waals surface area (Å²) in [6.45, 7) is 0. The second kappa shape index (κ2) is 6.06. The van der Waals surface area contributed by atoms with Crippen LogP contribution in [0.15, 0.2) is 24.3 Å². The molecule has 0 aliphatic heterocycles. The van der Waals surface area contributed by atoms with Crippen LogP contribution in [0.1, 0.15) is 5.56 Å². The van der Waals surface area contributed by atoms with Crippen LogP contribution in [0.25, 0.3) is 0 Å². The van der Waals surface area contributed by atoms with Crippen molar-refractivity contribution in [2.45, 2.75) is 18.9 Å². The highest BCUT2D eigenvalue weighted by Gasteiger charge is 2.15. The van der Waals surface area contributed by atoms with E-state index in [2.05, 4.69) is 0 Å². The number of alkyl halides is 2. The molecule has 1 rings (SSSR count). The SMILES string of the molecule is N[C@@H](Cc1ccc(NC(=O)C(F)F)cc1)C(=O)O. The van der Waals surface area contributed by atoms with Crippen molar-refractivity contribution in [3.05, 3.63) is 29.8 Å². The number of benzene rings is 1. The van der Waals surface area contributed by atoms with Gasteiger partial charge in [-0.1, -0.05) is 12.1 Å². The van der Waals surface area contributed by atoms with E-state index in [0.717, 1.165) is 0 Å². The number of hydrogen-bond acceptors (Lipinski definition) is 3. The maximum Gasteiger partial charge on any atom is 0.320 e. The number of anilines is 1. The molecule has 0 radical (unpaired) electrons. The summed E-state index contributed by atoms with van der Waals surface area (Å²) in [5, 5.41) is 10.6. The Morgan fingerprint density at radius 3 is 2.28 bits per heavy atom. The van der Waals surface area contributed by atoms with Crippen LogP contribution >= 0.6 is 0 Å². The Kier molecular flexibility index (Phi) is 4.73. The molecule has 4 N–H and O–H groups in total. The van der Waals surface area contributed by atoms with Crippen LogP contribution < -0.4 is 11.1 Å².